The summed E-state index contributed by atoms with van der Waals surface area (Å²) in [5.41, 5.74) is 0. The number of amides is 1. The average Bonchev–Trinajstić information content (AvgIpc) is 2.24. The monoisotopic (exact) mass is 211 g/mol. The van der Waals surface area contributed by atoms with Crippen molar-refractivity contribution >= 4 is 11.9 Å². The maximum Gasteiger partial charge on any atom is 0.226 e. The summed E-state index contributed by atoms with van der Waals surface area (Å²) in [7, 11) is 1.64. The molecule has 0 rings (SSSR count). The first-order valence-corrected chi connectivity index (χ1v) is 5.38. The highest BCUT2D eigenvalue weighted by atomic mass is 16.1. The van der Waals surface area contributed by atoms with Crippen molar-refractivity contribution in [1.29, 1.82) is 0 Å². The highest BCUT2D eigenvalue weighted by molar-refractivity contribution is 5.97. The predicted octanol–water partition coefficient (Wildman–Crippen LogP) is 1.79. The number of rotatable bonds is 5. The van der Waals surface area contributed by atoms with Crippen LogP contribution in [0.2, 0.25) is 0 Å². The summed E-state index contributed by atoms with van der Waals surface area (Å²) in [6.07, 6.45) is 7.28. The van der Waals surface area contributed by atoms with Gasteiger partial charge in [-0.2, -0.15) is 0 Å². The molecular weight excluding hydrogens is 190 g/mol. The zero-order valence-corrected chi connectivity index (χ0v) is 9.84. The van der Waals surface area contributed by atoms with Gasteiger partial charge in [0.25, 0.3) is 0 Å². The van der Waals surface area contributed by atoms with Gasteiger partial charge in [0.1, 0.15) is 0 Å². The van der Waals surface area contributed by atoms with Crippen LogP contribution >= 0.6 is 0 Å². The molecule has 0 unspecified atom stereocenters. The van der Waals surface area contributed by atoms with Crippen LogP contribution in [-0.4, -0.2) is 18.9 Å². The second-order valence-electron chi connectivity index (χ2n) is 3.22. The number of unbranched alkanes of at least 4 members (excludes halogenated alkanes) is 2. The molecule has 1 amide bonds. The third-order valence-corrected chi connectivity index (χ3v) is 1.88. The molecule has 0 aliphatic carbocycles. The SMILES string of the molecule is C/C=C\NC(=NC)NC(=O)CCCCC. The van der Waals surface area contributed by atoms with E-state index >= 15 is 0 Å². The van der Waals surface area contributed by atoms with Gasteiger partial charge in [0.2, 0.25) is 11.9 Å². The van der Waals surface area contributed by atoms with Crippen molar-refractivity contribution in [3.05, 3.63) is 12.3 Å². The lowest BCUT2D eigenvalue weighted by Gasteiger charge is -2.07. The Morgan fingerprint density at radius 3 is 2.67 bits per heavy atom. The van der Waals surface area contributed by atoms with E-state index in [1.165, 1.54) is 0 Å². The molecule has 0 aromatic heterocycles. The molecule has 0 aromatic carbocycles. The molecule has 15 heavy (non-hydrogen) atoms. The quantitative estimate of drug-likeness (QED) is 0.414. The van der Waals surface area contributed by atoms with Gasteiger partial charge < -0.3 is 5.32 Å². The summed E-state index contributed by atoms with van der Waals surface area (Å²) in [5.74, 6) is 0.510. The summed E-state index contributed by atoms with van der Waals surface area (Å²) < 4.78 is 0. The summed E-state index contributed by atoms with van der Waals surface area (Å²) >= 11 is 0. The van der Waals surface area contributed by atoms with Crippen molar-refractivity contribution in [1.82, 2.24) is 10.6 Å². The van der Waals surface area contributed by atoms with E-state index in [2.05, 4.69) is 22.5 Å². The van der Waals surface area contributed by atoms with E-state index in [9.17, 15) is 4.79 Å². The molecule has 86 valence electrons. The lowest BCUT2D eigenvalue weighted by molar-refractivity contribution is -0.119. The smallest absolute Gasteiger partial charge is 0.226 e. The first kappa shape index (κ1) is 13.7. The molecule has 0 atom stereocenters. The van der Waals surface area contributed by atoms with E-state index in [1.54, 1.807) is 13.2 Å². The minimum absolute atomic E-state index is 0.0149. The maximum absolute atomic E-state index is 11.4. The Labute approximate surface area is 91.9 Å². The lowest BCUT2D eigenvalue weighted by atomic mass is 10.2. The van der Waals surface area contributed by atoms with Gasteiger partial charge in [-0.05, 0) is 19.5 Å². The number of hydrogen-bond donors (Lipinski definition) is 2. The van der Waals surface area contributed by atoms with E-state index in [4.69, 9.17) is 0 Å². The second-order valence-corrected chi connectivity index (χ2v) is 3.22. The summed E-state index contributed by atoms with van der Waals surface area (Å²) in [6, 6.07) is 0. The van der Waals surface area contributed by atoms with Crippen molar-refractivity contribution in [2.75, 3.05) is 7.05 Å². The molecule has 4 heteroatoms. The largest absolute Gasteiger partial charge is 0.333 e. The summed E-state index contributed by atoms with van der Waals surface area (Å²) in [5, 5.41) is 5.59. The minimum atomic E-state index is 0.0149. The summed E-state index contributed by atoms with van der Waals surface area (Å²) in [6.45, 7) is 4.01. The normalized spacial score (nSPS) is 11.8. The van der Waals surface area contributed by atoms with Crippen molar-refractivity contribution in [3.63, 3.8) is 0 Å². The first-order valence-electron chi connectivity index (χ1n) is 5.38. The molecule has 0 saturated heterocycles. The van der Waals surface area contributed by atoms with Crippen molar-refractivity contribution in [3.8, 4) is 0 Å². The van der Waals surface area contributed by atoms with Crippen molar-refractivity contribution in [2.24, 2.45) is 4.99 Å². The molecule has 2 N–H and O–H groups in total. The molecular formula is C11H21N3O. The van der Waals surface area contributed by atoms with Gasteiger partial charge in [0.05, 0.1) is 0 Å². The molecule has 0 fully saturated rings. The number of allylic oxidation sites excluding steroid dienone is 1. The fourth-order valence-corrected chi connectivity index (χ4v) is 1.05. The van der Waals surface area contributed by atoms with E-state index in [0.717, 1.165) is 19.3 Å². The van der Waals surface area contributed by atoms with Gasteiger partial charge in [-0.15, -0.1) is 0 Å². The molecule has 0 radical (unpaired) electrons. The number of nitrogens with zero attached hydrogens (tertiary/aromatic N) is 1. The highest BCUT2D eigenvalue weighted by Gasteiger charge is 2.03. The zero-order valence-electron chi connectivity index (χ0n) is 9.84. The average molecular weight is 211 g/mol. The van der Waals surface area contributed by atoms with Crippen LogP contribution in [0.25, 0.3) is 0 Å². The first-order chi connectivity index (χ1) is 7.24. The predicted molar refractivity (Wildman–Crippen MR) is 63.6 cm³/mol. The zero-order chi connectivity index (χ0) is 11.5. The van der Waals surface area contributed by atoms with Crippen molar-refractivity contribution in [2.45, 2.75) is 39.5 Å². The van der Waals surface area contributed by atoms with Crippen molar-refractivity contribution < 1.29 is 4.79 Å². The standard InChI is InChI=1S/C11H21N3O/c1-4-6-7-8-10(15)14-11(12-3)13-9-5-2/h5,9H,4,6-8H2,1-3H3,(H2,12,13,14,15)/b9-5-. The van der Waals surface area contributed by atoms with E-state index in [-0.39, 0.29) is 5.91 Å². The Kier molecular flexibility index (Phi) is 8.43. The van der Waals surface area contributed by atoms with E-state index in [1.807, 2.05) is 13.0 Å². The maximum atomic E-state index is 11.4. The van der Waals surface area contributed by atoms with Gasteiger partial charge in [-0.25, -0.2) is 0 Å². The molecule has 4 nitrogen and oxygen atoms in total. The Bertz CT molecular complexity index is 234. The van der Waals surface area contributed by atoms with E-state index in [0.29, 0.717) is 12.4 Å². The number of carbonyl (C=O) groups is 1. The fourth-order valence-electron chi connectivity index (χ4n) is 1.05. The number of carbonyl (C=O) groups excluding carboxylic acids is 1. The minimum Gasteiger partial charge on any atom is -0.333 e. The van der Waals surface area contributed by atoms with Gasteiger partial charge in [0.15, 0.2) is 0 Å². The lowest BCUT2D eigenvalue weighted by Crippen LogP contribution is -2.38. The van der Waals surface area contributed by atoms with Crippen LogP contribution in [0, 0.1) is 0 Å². The van der Waals surface area contributed by atoms with Crippen LogP contribution < -0.4 is 10.6 Å². The Hall–Kier alpha value is -1.32. The molecule has 0 aliphatic rings. The molecule has 0 saturated carbocycles. The van der Waals surface area contributed by atoms with Crippen LogP contribution in [0.3, 0.4) is 0 Å². The van der Waals surface area contributed by atoms with Crippen LogP contribution in [0.4, 0.5) is 0 Å². The van der Waals surface area contributed by atoms with Gasteiger partial charge in [0, 0.05) is 13.5 Å². The molecule has 0 spiro atoms. The molecule has 0 heterocycles. The highest BCUT2D eigenvalue weighted by Crippen LogP contribution is 1.97. The third-order valence-electron chi connectivity index (χ3n) is 1.88. The summed E-state index contributed by atoms with van der Waals surface area (Å²) in [4.78, 5) is 15.3. The fraction of sp³-hybridized carbons (Fsp3) is 0.636. The number of hydrogen-bond acceptors (Lipinski definition) is 2. The molecule has 0 aromatic rings. The second kappa shape index (κ2) is 9.24. The van der Waals surface area contributed by atoms with Crippen LogP contribution in [0.5, 0.6) is 0 Å². The number of guanidine groups is 1. The Morgan fingerprint density at radius 2 is 2.13 bits per heavy atom. The van der Waals surface area contributed by atoms with Crippen LogP contribution in [-0.2, 0) is 4.79 Å². The third kappa shape index (κ3) is 7.73. The molecule has 0 aliphatic heterocycles. The Morgan fingerprint density at radius 1 is 1.40 bits per heavy atom. The number of aliphatic imine (C=N–C) groups is 1. The topological polar surface area (TPSA) is 53.5 Å². The van der Waals surface area contributed by atoms with E-state index < -0.39 is 0 Å². The Balaban J connectivity index is 3.81. The van der Waals surface area contributed by atoms with Gasteiger partial charge in [-0.1, -0.05) is 25.8 Å². The van der Waals surface area contributed by atoms with Gasteiger partial charge >= 0.3 is 0 Å². The van der Waals surface area contributed by atoms with Gasteiger partial charge in [-0.3, -0.25) is 15.1 Å². The molecule has 0 bridgehead atoms. The number of nitrogens with one attached hydrogen (secondary N) is 2. The van der Waals surface area contributed by atoms with Crippen LogP contribution in [0.1, 0.15) is 39.5 Å². The van der Waals surface area contributed by atoms with Crippen LogP contribution in [0.15, 0.2) is 17.3 Å².